The second kappa shape index (κ2) is 6.83. The molecule has 20 heavy (non-hydrogen) atoms. The zero-order valence-electron chi connectivity index (χ0n) is 11.4. The molecule has 1 N–H and O–H groups in total. The van der Waals surface area contributed by atoms with E-state index in [-0.39, 0.29) is 17.9 Å². The van der Waals surface area contributed by atoms with Crippen LogP contribution in [0, 0.1) is 0 Å². The molecule has 2 heterocycles. The second-order valence-electron chi connectivity index (χ2n) is 4.82. The maximum Gasteiger partial charge on any atom is 0.273 e. The molecule has 1 aromatic rings. The number of halogens is 1. The molecule has 1 saturated heterocycles. The first-order valence-corrected chi connectivity index (χ1v) is 7.60. The first-order chi connectivity index (χ1) is 9.61. The molecule has 0 spiro atoms. The van der Waals surface area contributed by atoms with Crippen LogP contribution in [0.5, 0.6) is 0 Å². The van der Waals surface area contributed by atoms with E-state index in [2.05, 4.69) is 26.2 Å². The highest BCUT2D eigenvalue weighted by molar-refractivity contribution is 9.10. The lowest BCUT2D eigenvalue weighted by Gasteiger charge is -2.32. The molecule has 1 aliphatic heterocycles. The number of amides is 2. The summed E-state index contributed by atoms with van der Waals surface area (Å²) in [5, 5.41) is 2.98. The maximum absolute atomic E-state index is 12.4. The van der Waals surface area contributed by atoms with E-state index in [0.717, 1.165) is 12.8 Å². The summed E-state index contributed by atoms with van der Waals surface area (Å²) in [5.74, 6) is 0.0139. The Balaban J connectivity index is 1.92. The number of aromatic nitrogens is 1. The molecule has 1 fully saturated rings. The van der Waals surface area contributed by atoms with Gasteiger partial charge in [0.1, 0.15) is 5.69 Å². The summed E-state index contributed by atoms with van der Waals surface area (Å²) >= 11 is 3.35. The van der Waals surface area contributed by atoms with E-state index >= 15 is 0 Å². The van der Waals surface area contributed by atoms with Crippen molar-refractivity contribution in [2.24, 2.45) is 0 Å². The highest BCUT2D eigenvalue weighted by Gasteiger charge is 2.25. The van der Waals surface area contributed by atoms with Crippen LogP contribution >= 0.6 is 15.9 Å². The number of rotatable bonds is 3. The molecular formula is C14H18BrN3O2. The van der Waals surface area contributed by atoms with Gasteiger partial charge in [0.15, 0.2) is 0 Å². The summed E-state index contributed by atoms with van der Waals surface area (Å²) in [6.07, 6.45) is 3.70. The maximum atomic E-state index is 12.4. The van der Waals surface area contributed by atoms with Crippen molar-refractivity contribution in [2.75, 3.05) is 13.1 Å². The van der Waals surface area contributed by atoms with Gasteiger partial charge in [-0.2, -0.15) is 0 Å². The predicted octanol–water partition coefficient (Wildman–Crippen LogP) is 1.97. The first kappa shape index (κ1) is 15.0. The van der Waals surface area contributed by atoms with Gasteiger partial charge in [-0.3, -0.25) is 9.59 Å². The summed E-state index contributed by atoms with van der Waals surface area (Å²) in [6.45, 7) is 3.14. The largest absolute Gasteiger partial charge is 0.353 e. The zero-order chi connectivity index (χ0) is 14.5. The molecule has 2 amide bonds. The number of carbonyl (C=O) groups is 2. The highest BCUT2D eigenvalue weighted by atomic mass is 79.9. The minimum atomic E-state index is -0.0576. The van der Waals surface area contributed by atoms with Crippen LogP contribution in [0.25, 0.3) is 0 Å². The summed E-state index contributed by atoms with van der Waals surface area (Å²) < 4.78 is 0.714. The van der Waals surface area contributed by atoms with Crippen LogP contribution in [0.2, 0.25) is 0 Å². The van der Waals surface area contributed by atoms with E-state index in [1.54, 1.807) is 17.2 Å². The summed E-state index contributed by atoms with van der Waals surface area (Å²) in [5.41, 5.74) is 0.448. The smallest absolute Gasteiger partial charge is 0.273 e. The molecule has 0 radical (unpaired) electrons. The van der Waals surface area contributed by atoms with E-state index in [0.29, 0.717) is 29.7 Å². The van der Waals surface area contributed by atoms with Crippen molar-refractivity contribution in [3.05, 3.63) is 28.5 Å². The van der Waals surface area contributed by atoms with Gasteiger partial charge in [-0.25, -0.2) is 4.98 Å². The van der Waals surface area contributed by atoms with Crippen molar-refractivity contribution in [2.45, 2.75) is 32.2 Å². The molecular weight excluding hydrogens is 322 g/mol. The van der Waals surface area contributed by atoms with E-state index in [1.807, 2.05) is 13.0 Å². The lowest BCUT2D eigenvalue weighted by atomic mass is 10.0. The van der Waals surface area contributed by atoms with Crippen LogP contribution in [0.3, 0.4) is 0 Å². The lowest BCUT2D eigenvalue weighted by molar-refractivity contribution is -0.121. The molecule has 6 heteroatoms. The van der Waals surface area contributed by atoms with Crippen molar-refractivity contribution in [3.8, 4) is 0 Å². The molecule has 2 rings (SSSR count). The minimum Gasteiger partial charge on any atom is -0.353 e. The average molecular weight is 340 g/mol. The number of nitrogens with zero attached hydrogens (tertiary/aromatic N) is 2. The summed E-state index contributed by atoms with van der Waals surface area (Å²) in [7, 11) is 0. The minimum absolute atomic E-state index is 0.0576. The number of nitrogens with one attached hydrogen (secondary N) is 1. The van der Waals surface area contributed by atoms with Crippen LogP contribution in [-0.2, 0) is 4.79 Å². The Labute approximate surface area is 126 Å². The number of piperidine rings is 1. The van der Waals surface area contributed by atoms with Gasteiger partial charge in [0, 0.05) is 36.2 Å². The Bertz CT molecular complexity index is 499. The van der Waals surface area contributed by atoms with Crippen LogP contribution in [0.1, 0.15) is 36.7 Å². The third-order valence-corrected chi connectivity index (χ3v) is 4.07. The van der Waals surface area contributed by atoms with Crippen molar-refractivity contribution in [1.82, 2.24) is 15.2 Å². The standard InChI is InChI=1S/C14H18BrN3O2/c1-2-12(19)17-10-5-8-18(9-6-10)14(20)13-11(15)4-3-7-16-13/h3-4,7,10H,2,5-6,8-9H2,1H3,(H,17,19). The van der Waals surface area contributed by atoms with E-state index < -0.39 is 0 Å². The highest BCUT2D eigenvalue weighted by Crippen LogP contribution is 2.18. The molecule has 1 aliphatic rings. The van der Waals surface area contributed by atoms with Gasteiger partial charge in [-0.05, 0) is 40.9 Å². The van der Waals surface area contributed by atoms with Crippen LogP contribution in [-0.4, -0.2) is 40.8 Å². The van der Waals surface area contributed by atoms with Gasteiger partial charge in [0.05, 0.1) is 0 Å². The number of carbonyl (C=O) groups excluding carboxylic acids is 2. The number of likely N-dealkylation sites (tertiary alicyclic amines) is 1. The summed E-state index contributed by atoms with van der Waals surface area (Å²) in [6, 6.07) is 3.78. The Morgan fingerprint density at radius 3 is 2.75 bits per heavy atom. The molecule has 1 aromatic heterocycles. The molecule has 0 bridgehead atoms. The second-order valence-corrected chi connectivity index (χ2v) is 5.68. The van der Waals surface area contributed by atoms with Crippen LogP contribution < -0.4 is 5.32 Å². The Morgan fingerprint density at radius 1 is 1.45 bits per heavy atom. The van der Waals surface area contributed by atoms with Crippen LogP contribution in [0.4, 0.5) is 0 Å². The first-order valence-electron chi connectivity index (χ1n) is 6.81. The van der Waals surface area contributed by atoms with Gasteiger partial charge in [-0.1, -0.05) is 6.92 Å². The topological polar surface area (TPSA) is 62.3 Å². The third kappa shape index (κ3) is 3.56. The van der Waals surface area contributed by atoms with E-state index in [9.17, 15) is 9.59 Å². The van der Waals surface area contributed by atoms with Gasteiger partial charge in [0.25, 0.3) is 5.91 Å². The molecule has 0 aliphatic carbocycles. The van der Waals surface area contributed by atoms with E-state index in [1.165, 1.54) is 0 Å². The quantitative estimate of drug-likeness (QED) is 0.915. The fourth-order valence-electron chi connectivity index (χ4n) is 2.25. The zero-order valence-corrected chi connectivity index (χ0v) is 13.0. The number of pyridine rings is 1. The molecule has 108 valence electrons. The Morgan fingerprint density at radius 2 is 2.15 bits per heavy atom. The van der Waals surface area contributed by atoms with Gasteiger partial charge in [0.2, 0.25) is 5.91 Å². The summed E-state index contributed by atoms with van der Waals surface area (Å²) in [4.78, 5) is 29.6. The molecule has 0 aromatic carbocycles. The Hall–Kier alpha value is -1.43. The monoisotopic (exact) mass is 339 g/mol. The average Bonchev–Trinajstić information content (AvgIpc) is 2.47. The van der Waals surface area contributed by atoms with Crippen molar-refractivity contribution >= 4 is 27.7 Å². The fourth-order valence-corrected chi connectivity index (χ4v) is 2.67. The fraction of sp³-hybridized carbons (Fsp3) is 0.500. The van der Waals surface area contributed by atoms with Gasteiger partial charge in [-0.15, -0.1) is 0 Å². The molecule has 5 nitrogen and oxygen atoms in total. The van der Waals surface area contributed by atoms with E-state index in [4.69, 9.17) is 0 Å². The third-order valence-electron chi connectivity index (χ3n) is 3.43. The van der Waals surface area contributed by atoms with Crippen molar-refractivity contribution in [3.63, 3.8) is 0 Å². The van der Waals surface area contributed by atoms with Crippen molar-refractivity contribution in [1.29, 1.82) is 0 Å². The number of hydrogen-bond donors (Lipinski definition) is 1. The predicted molar refractivity (Wildman–Crippen MR) is 79.3 cm³/mol. The van der Waals surface area contributed by atoms with Gasteiger partial charge >= 0.3 is 0 Å². The molecule has 0 atom stereocenters. The normalized spacial score (nSPS) is 16.0. The van der Waals surface area contributed by atoms with Crippen molar-refractivity contribution < 1.29 is 9.59 Å². The SMILES string of the molecule is CCC(=O)NC1CCN(C(=O)c2ncccc2Br)CC1. The van der Waals surface area contributed by atoms with Gasteiger partial charge < -0.3 is 10.2 Å². The number of hydrogen-bond acceptors (Lipinski definition) is 3. The molecule has 0 saturated carbocycles. The van der Waals surface area contributed by atoms with Crippen LogP contribution in [0.15, 0.2) is 22.8 Å². The lowest BCUT2D eigenvalue weighted by Crippen LogP contribution is -2.46. The Kier molecular flexibility index (Phi) is 5.11. The molecule has 0 unspecified atom stereocenters.